The van der Waals surface area contributed by atoms with Crippen LogP contribution in [0.3, 0.4) is 0 Å². The van der Waals surface area contributed by atoms with E-state index >= 15 is 0 Å². The number of hydrazone groups is 1. The number of esters is 1. The smallest absolute Gasteiger partial charge is 0.346 e. The Labute approximate surface area is 118 Å². The zero-order valence-electron chi connectivity index (χ0n) is 12.1. The van der Waals surface area contributed by atoms with Crippen LogP contribution in [0.1, 0.15) is 27.7 Å². The molecule has 2 amide bonds. The van der Waals surface area contributed by atoms with E-state index in [1.807, 2.05) is 0 Å². The fraction of sp³-hybridized carbons (Fsp3) is 0.636. The molecule has 1 aliphatic rings. The maximum atomic E-state index is 12.1. The van der Waals surface area contributed by atoms with Crippen molar-refractivity contribution < 1.29 is 23.4 Å². The second-order valence-corrected chi connectivity index (χ2v) is 6.12. The van der Waals surface area contributed by atoms with Gasteiger partial charge in [-0.3, -0.25) is 0 Å². The number of hydrogen-bond donors (Lipinski definition) is 1. The summed E-state index contributed by atoms with van der Waals surface area (Å²) in [7, 11) is -3.17. The average Bonchev–Trinajstić information content (AvgIpc) is 2.64. The minimum atomic E-state index is -3.17. The maximum absolute atomic E-state index is 12.1. The van der Waals surface area contributed by atoms with Gasteiger partial charge in [0.2, 0.25) is 0 Å². The number of hydrogen-bond acceptors (Lipinski definition) is 6. The van der Waals surface area contributed by atoms with E-state index in [1.165, 1.54) is 0 Å². The summed E-state index contributed by atoms with van der Waals surface area (Å²) in [6.45, 7) is 7.42. The van der Waals surface area contributed by atoms with Crippen molar-refractivity contribution in [3.05, 3.63) is 0 Å². The fourth-order valence-electron chi connectivity index (χ4n) is 1.81. The highest BCUT2D eigenvalue weighted by Crippen LogP contribution is 2.58. The number of amides is 2. The first-order valence-corrected chi connectivity index (χ1v) is 7.90. The van der Waals surface area contributed by atoms with Gasteiger partial charge >= 0.3 is 12.0 Å². The highest BCUT2D eigenvalue weighted by molar-refractivity contribution is 7.70. The van der Waals surface area contributed by atoms with Gasteiger partial charge in [-0.15, -0.1) is 4.78 Å². The number of nitrogens with two attached hydrogens (primary N) is 1. The van der Waals surface area contributed by atoms with Crippen molar-refractivity contribution in [3.63, 3.8) is 0 Å². The van der Waals surface area contributed by atoms with E-state index < -0.39 is 19.5 Å². The second-order valence-electron chi connectivity index (χ2n) is 3.74. The Bertz CT molecular complexity index is 478. The number of carbonyl (C=O) groups excluding carboxylic acids is 2. The summed E-state index contributed by atoms with van der Waals surface area (Å²) in [4.78, 5) is 23.7. The zero-order chi connectivity index (χ0) is 15.3. The summed E-state index contributed by atoms with van der Waals surface area (Å²) in [6, 6.07) is -0.834. The Morgan fingerprint density at radius 3 is 2.15 bits per heavy atom. The molecule has 1 rings (SSSR count). The SMILES string of the molecule is CCOC(=O)C1=P(OCC)(OCC)N(C(N)=O)N=C1C. The van der Waals surface area contributed by atoms with Crippen LogP contribution < -0.4 is 5.73 Å². The van der Waals surface area contributed by atoms with Crippen molar-refractivity contribution in [1.29, 1.82) is 0 Å². The van der Waals surface area contributed by atoms with Crippen molar-refractivity contribution in [2.24, 2.45) is 10.8 Å². The van der Waals surface area contributed by atoms with Crippen LogP contribution in [0.15, 0.2) is 5.10 Å². The van der Waals surface area contributed by atoms with E-state index in [2.05, 4.69) is 5.10 Å². The lowest BCUT2D eigenvalue weighted by Gasteiger charge is -2.29. The van der Waals surface area contributed by atoms with Crippen LogP contribution in [0.2, 0.25) is 0 Å². The summed E-state index contributed by atoms with van der Waals surface area (Å²) in [5.41, 5.74) is 5.63. The molecule has 9 heteroatoms. The number of rotatable bonds is 6. The Morgan fingerprint density at radius 1 is 1.20 bits per heavy atom. The quantitative estimate of drug-likeness (QED) is 0.589. The Hall–Kier alpha value is -1.37. The molecule has 1 aliphatic heterocycles. The molecule has 0 saturated heterocycles. The molecule has 0 unspecified atom stereocenters. The topological polar surface area (TPSA) is 103 Å². The molecule has 0 spiro atoms. The first-order chi connectivity index (χ1) is 9.44. The van der Waals surface area contributed by atoms with Gasteiger partial charge in [-0.05, 0) is 27.7 Å². The van der Waals surface area contributed by atoms with E-state index in [4.69, 9.17) is 19.5 Å². The second kappa shape index (κ2) is 6.88. The predicted octanol–water partition coefficient (Wildman–Crippen LogP) is 1.33. The lowest BCUT2D eigenvalue weighted by molar-refractivity contribution is -0.134. The zero-order valence-corrected chi connectivity index (χ0v) is 13.0. The highest BCUT2D eigenvalue weighted by Gasteiger charge is 2.45. The molecule has 20 heavy (non-hydrogen) atoms. The lowest BCUT2D eigenvalue weighted by atomic mass is 10.3. The molecule has 0 aromatic heterocycles. The van der Waals surface area contributed by atoms with Gasteiger partial charge in [0, 0.05) is 0 Å². The van der Waals surface area contributed by atoms with Crippen LogP contribution in [0.5, 0.6) is 0 Å². The van der Waals surface area contributed by atoms with Gasteiger partial charge in [0.1, 0.15) is 0 Å². The largest absolute Gasteiger partial charge is 0.462 e. The summed E-state index contributed by atoms with van der Waals surface area (Å²) >= 11 is 0. The molecular weight excluding hydrogens is 285 g/mol. The average molecular weight is 305 g/mol. The monoisotopic (exact) mass is 305 g/mol. The van der Waals surface area contributed by atoms with Crippen LogP contribution >= 0.6 is 7.49 Å². The van der Waals surface area contributed by atoms with Crippen LogP contribution in [0.4, 0.5) is 4.79 Å². The van der Waals surface area contributed by atoms with Crippen LogP contribution in [-0.4, -0.2) is 47.6 Å². The number of carbonyl (C=O) groups is 2. The molecule has 0 aromatic carbocycles. The molecule has 0 bridgehead atoms. The Balaban J connectivity index is 3.49. The van der Waals surface area contributed by atoms with Crippen molar-refractivity contribution in [1.82, 2.24) is 4.78 Å². The molecular formula is C11H20N3O5P. The van der Waals surface area contributed by atoms with E-state index in [0.717, 1.165) is 4.78 Å². The molecule has 0 fully saturated rings. The molecule has 0 atom stereocenters. The number of nitrogens with zero attached hydrogens (tertiary/aromatic N) is 2. The molecule has 1 heterocycles. The third-order valence-corrected chi connectivity index (χ3v) is 5.47. The molecule has 114 valence electrons. The van der Waals surface area contributed by atoms with Gasteiger partial charge in [-0.1, -0.05) is 0 Å². The van der Waals surface area contributed by atoms with Gasteiger partial charge in [0.15, 0.2) is 5.29 Å². The number of ether oxygens (including phenoxy) is 1. The first kappa shape index (κ1) is 16.7. The van der Waals surface area contributed by atoms with E-state index in [0.29, 0.717) is 5.71 Å². The Kier molecular flexibility index (Phi) is 5.74. The number of urea groups is 1. The molecule has 8 nitrogen and oxygen atoms in total. The first-order valence-electron chi connectivity index (χ1n) is 6.32. The van der Waals surface area contributed by atoms with Gasteiger partial charge in [-0.2, -0.15) is 5.10 Å². The standard InChI is InChI=1S/C11H20N3O5P/c1-5-17-10(15)9-8(4)13-14(11(12)16)20(9,18-6-2)19-7-3/h5-7H2,1-4H3,(H2,12,16). The summed E-state index contributed by atoms with van der Waals surface area (Å²) in [5, 5.41) is 4.14. The summed E-state index contributed by atoms with van der Waals surface area (Å²) < 4.78 is 17.2. The number of primary amides is 1. The van der Waals surface area contributed by atoms with Crippen molar-refractivity contribution >= 4 is 30.5 Å². The van der Waals surface area contributed by atoms with Gasteiger partial charge in [-0.25, -0.2) is 9.59 Å². The normalized spacial score (nSPS) is 17.1. The van der Waals surface area contributed by atoms with Crippen LogP contribution in [0, 0.1) is 0 Å². The third kappa shape index (κ3) is 2.87. The lowest BCUT2D eigenvalue weighted by Crippen LogP contribution is -2.31. The predicted molar refractivity (Wildman–Crippen MR) is 76.3 cm³/mol. The van der Waals surface area contributed by atoms with E-state index in [1.54, 1.807) is 27.7 Å². The molecule has 0 aromatic rings. The van der Waals surface area contributed by atoms with Gasteiger partial charge in [0.05, 0.1) is 25.5 Å². The highest BCUT2D eigenvalue weighted by atomic mass is 31.2. The Morgan fingerprint density at radius 2 is 1.75 bits per heavy atom. The maximum Gasteiger partial charge on any atom is 0.346 e. The molecule has 0 radical (unpaired) electrons. The van der Waals surface area contributed by atoms with Crippen LogP contribution in [-0.2, 0) is 18.6 Å². The van der Waals surface area contributed by atoms with Crippen LogP contribution in [0.25, 0.3) is 0 Å². The molecule has 0 saturated carbocycles. The van der Waals surface area contributed by atoms with Crippen molar-refractivity contribution in [2.45, 2.75) is 27.7 Å². The minimum absolute atomic E-state index is 0.141. The molecule has 2 N–H and O–H groups in total. The fourth-order valence-corrected chi connectivity index (χ4v) is 4.52. The minimum Gasteiger partial charge on any atom is -0.462 e. The van der Waals surface area contributed by atoms with E-state index in [9.17, 15) is 9.59 Å². The van der Waals surface area contributed by atoms with Gasteiger partial charge in [0.25, 0.3) is 7.49 Å². The summed E-state index contributed by atoms with van der Waals surface area (Å²) in [5.74, 6) is -0.604. The molecule has 0 aliphatic carbocycles. The van der Waals surface area contributed by atoms with Crippen molar-refractivity contribution in [2.75, 3.05) is 19.8 Å². The van der Waals surface area contributed by atoms with Crippen molar-refractivity contribution in [3.8, 4) is 0 Å². The van der Waals surface area contributed by atoms with E-state index in [-0.39, 0.29) is 25.1 Å². The third-order valence-electron chi connectivity index (χ3n) is 2.39. The summed E-state index contributed by atoms with van der Waals surface area (Å²) in [6.07, 6.45) is 0. The van der Waals surface area contributed by atoms with Gasteiger partial charge < -0.3 is 19.5 Å².